The van der Waals surface area contributed by atoms with Gasteiger partial charge >= 0.3 is 0 Å². The summed E-state index contributed by atoms with van der Waals surface area (Å²) in [6, 6.07) is 8.47. The van der Waals surface area contributed by atoms with E-state index in [4.69, 9.17) is 25.8 Å². The van der Waals surface area contributed by atoms with Crippen LogP contribution in [0.25, 0.3) is 0 Å². The molecular formula is C17H16BrClN2O4. The van der Waals surface area contributed by atoms with Gasteiger partial charge in [0.25, 0.3) is 5.91 Å². The lowest BCUT2D eigenvalue weighted by Gasteiger charge is -2.10. The van der Waals surface area contributed by atoms with E-state index in [2.05, 4.69) is 26.5 Å². The van der Waals surface area contributed by atoms with E-state index in [0.717, 1.165) is 4.47 Å². The zero-order valence-corrected chi connectivity index (χ0v) is 16.1. The normalized spacial score (nSPS) is 10.6. The van der Waals surface area contributed by atoms with Crippen molar-refractivity contribution in [2.45, 2.75) is 0 Å². The highest BCUT2D eigenvalue weighted by molar-refractivity contribution is 9.10. The molecule has 1 N–H and O–H groups in total. The Bertz CT molecular complexity index is 811. The van der Waals surface area contributed by atoms with Crippen LogP contribution < -0.4 is 19.6 Å². The number of amides is 1. The van der Waals surface area contributed by atoms with E-state index in [1.54, 1.807) is 30.3 Å². The van der Waals surface area contributed by atoms with Crippen LogP contribution in [0.5, 0.6) is 17.2 Å². The summed E-state index contributed by atoms with van der Waals surface area (Å²) in [4.78, 5) is 12.3. The number of nitrogens with one attached hydrogen (secondary N) is 1. The van der Waals surface area contributed by atoms with Crippen molar-refractivity contribution in [2.24, 2.45) is 5.10 Å². The van der Waals surface area contributed by atoms with Gasteiger partial charge < -0.3 is 14.2 Å². The zero-order valence-electron chi connectivity index (χ0n) is 13.8. The molecule has 8 heteroatoms. The Kier molecular flexibility index (Phi) is 6.66. The predicted octanol–water partition coefficient (Wildman–Crippen LogP) is 3.89. The third-order valence-corrected chi connectivity index (χ3v) is 4.02. The first-order chi connectivity index (χ1) is 12.0. The molecule has 132 valence electrons. The van der Waals surface area contributed by atoms with Gasteiger partial charge in [0.05, 0.1) is 38.1 Å². The topological polar surface area (TPSA) is 69.2 Å². The van der Waals surface area contributed by atoms with Crippen LogP contribution in [0, 0.1) is 0 Å². The van der Waals surface area contributed by atoms with Gasteiger partial charge in [0.2, 0.25) is 0 Å². The largest absolute Gasteiger partial charge is 0.496 e. The molecule has 0 radical (unpaired) electrons. The van der Waals surface area contributed by atoms with Crippen molar-refractivity contribution in [3.63, 3.8) is 0 Å². The zero-order chi connectivity index (χ0) is 18.4. The number of hydrogen-bond acceptors (Lipinski definition) is 5. The van der Waals surface area contributed by atoms with Gasteiger partial charge in [-0.1, -0.05) is 27.5 Å². The molecule has 1 amide bonds. The smallest absolute Gasteiger partial charge is 0.275 e. The van der Waals surface area contributed by atoms with E-state index in [-0.39, 0.29) is 0 Å². The minimum atomic E-state index is -0.402. The molecule has 0 aliphatic heterocycles. The molecular weight excluding hydrogens is 412 g/mol. The highest BCUT2D eigenvalue weighted by atomic mass is 79.9. The number of carbonyl (C=O) groups excluding carboxylic acids is 1. The van der Waals surface area contributed by atoms with Crippen molar-refractivity contribution >= 4 is 39.7 Å². The Balaban J connectivity index is 2.17. The van der Waals surface area contributed by atoms with Crippen molar-refractivity contribution < 1.29 is 19.0 Å². The van der Waals surface area contributed by atoms with Crippen LogP contribution in [0.3, 0.4) is 0 Å². The summed E-state index contributed by atoms with van der Waals surface area (Å²) < 4.78 is 16.3. The molecule has 0 aliphatic carbocycles. The van der Waals surface area contributed by atoms with Gasteiger partial charge in [-0.2, -0.15) is 5.10 Å². The second-order valence-corrected chi connectivity index (χ2v) is 6.10. The van der Waals surface area contributed by atoms with E-state index >= 15 is 0 Å². The van der Waals surface area contributed by atoms with Gasteiger partial charge in [-0.25, -0.2) is 5.43 Å². The van der Waals surface area contributed by atoms with E-state index < -0.39 is 5.91 Å². The molecule has 0 saturated carbocycles. The minimum Gasteiger partial charge on any atom is -0.496 e. The molecule has 2 aromatic rings. The summed E-state index contributed by atoms with van der Waals surface area (Å²) in [5.41, 5.74) is 3.45. The number of hydrogen-bond donors (Lipinski definition) is 1. The van der Waals surface area contributed by atoms with Gasteiger partial charge in [-0.05, 0) is 35.9 Å². The predicted molar refractivity (Wildman–Crippen MR) is 100 cm³/mol. The van der Waals surface area contributed by atoms with Gasteiger partial charge in [-0.3, -0.25) is 4.79 Å². The van der Waals surface area contributed by atoms with Crippen LogP contribution in [-0.4, -0.2) is 33.5 Å². The maximum Gasteiger partial charge on any atom is 0.275 e. The first-order valence-corrected chi connectivity index (χ1v) is 8.25. The molecule has 0 aromatic heterocycles. The third kappa shape index (κ3) is 4.64. The molecule has 0 spiro atoms. The summed E-state index contributed by atoms with van der Waals surface area (Å²) >= 11 is 9.45. The lowest BCUT2D eigenvalue weighted by molar-refractivity contribution is 0.0952. The van der Waals surface area contributed by atoms with E-state index in [0.29, 0.717) is 33.4 Å². The number of halogens is 2. The molecule has 0 aliphatic rings. The molecule has 25 heavy (non-hydrogen) atoms. The number of methoxy groups -OCH3 is 3. The van der Waals surface area contributed by atoms with Gasteiger partial charge in [-0.15, -0.1) is 0 Å². The summed E-state index contributed by atoms with van der Waals surface area (Å²) in [6.45, 7) is 0. The molecule has 2 aromatic carbocycles. The average Bonchev–Trinajstić information content (AvgIpc) is 2.61. The second-order valence-electron chi connectivity index (χ2n) is 4.78. The summed E-state index contributed by atoms with van der Waals surface area (Å²) in [6.07, 6.45) is 1.45. The van der Waals surface area contributed by atoms with Crippen molar-refractivity contribution in [3.8, 4) is 17.2 Å². The van der Waals surface area contributed by atoms with E-state index in [1.165, 1.54) is 27.5 Å². The Morgan fingerprint density at radius 1 is 1.12 bits per heavy atom. The van der Waals surface area contributed by atoms with Crippen molar-refractivity contribution in [1.29, 1.82) is 0 Å². The van der Waals surface area contributed by atoms with Crippen LogP contribution in [0.1, 0.15) is 15.9 Å². The monoisotopic (exact) mass is 426 g/mol. The fourth-order valence-electron chi connectivity index (χ4n) is 2.10. The Labute approximate surface area is 158 Å². The number of carbonyl (C=O) groups is 1. The third-order valence-electron chi connectivity index (χ3n) is 3.24. The number of ether oxygens (including phenoxy) is 3. The lowest BCUT2D eigenvalue weighted by Crippen LogP contribution is -2.18. The molecule has 0 atom stereocenters. The van der Waals surface area contributed by atoms with Gasteiger partial charge in [0.1, 0.15) is 5.75 Å². The lowest BCUT2D eigenvalue weighted by atomic mass is 10.2. The van der Waals surface area contributed by atoms with E-state index in [9.17, 15) is 4.79 Å². The Hall–Kier alpha value is -2.25. The number of benzene rings is 2. The first kappa shape index (κ1) is 19.1. The number of hydrazone groups is 1. The average molecular weight is 428 g/mol. The molecule has 0 unspecified atom stereocenters. The van der Waals surface area contributed by atoms with Crippen LogP contribution in [0.4, 0.5) is 0 Å². The van der Waals surface area contributed by atoms with Gasteiger partial charge in [0, 0.05) is 4.47 Å². The SMILES string of the molecule is COc1ccc(Br)cc1C(=O)NN=Cc1cc(Cl)c(OC)c(OC)c1. The highest BCUT2D eigenvalue weighted by Crippen LogP contribution is 2.35. The van der Waals surface area contributed by atoms with Crippen molar-refractivity contribution in [3.05, 3.63) is 51.0 Å². The van der Waals surface area contributed by atoms with Crippen LogP contribution >= 0.6 is 27.5 Å². The van der Waals surface area contributed by atoms with Crippen LogP contribution in [0.2, 0.25) is 5.02 Å². The number of nitrogens with zero attached hydrogens (tertiary/aromatic N) is 1. The molecule has 0 bridgehead atoms. The van der Waals surface area contributed by atoms with Crippen LogP contribution in [0.15, 0.2) is 39.9 Å². The molecule has 0 heterocycles. The molecule has 2 rings (SSSR count). The summed E-state index contributed by atoms with van der Waals surface area (Å²) in [7, 11) is 4.51. The minimum absolute atomic E-state index is 0.361. The van der Waals surface area contributed by atoms with Crippen molar-refractivity contribution in [2.75, 3.05) is 21.3 Å². The standard InChI is InChI=1S/C17H16BrClN2O4/c1-23-14-5-4-11(18)8-12(14)17(22)21-20-9-10-6-13(19)16(25-3)15(7-10)24-2/h4-9H,1-3H3,(H,21,22). The molecule has 0 saturated heterocycles. The van der Waals surface area contributed by atoms with Crippen LogP contribution in [-0.2, 0) is 0 Å². The Morgan fingerprint density at radius 2 is 1.84 bits per heavy atom. The molecule has 6 nitrogen and oxygen atoms in total. The van der Waals surface area contributed by atoms with E-state index in [1.807, 2.05) is 0 Å². The summed E-state index contributed by atoms with van der Waals surface area (Å²) in [5, 5.41) is 4.32. The number of rotatable bonds is 6. The molecule has 0 fully saturated rings. The summed E-state index contributed by atoms with van der Waals surface area (Å²) in [5.74, 6) is 0.951. The maximum atomic E-state index is 12.3. The fraction of sp³-hybridized carbons (Fsp3) is 0.176. The highest BCUT2D eigenvalue weighted by Gasteiger charge is 2.13. The quantitative estimate of drug-likeness (QED) is 0.561. The maximum absolute atomic E-state index is 12.3. The van der Waals surface area contributed by atoms with Gasteiger partial charge in [0.15, 0.2) is 11.5 Å². The fourth-order valence-corrected chi connectivity index (χ4v) is 2.75. The van der Waals surface area contributed by atoms with Crippen molar-refractivity contribution in [1.82, 2.24) is 5.43 Å². The second kappa shape index (κ2) is 8.73. The first-order valence-electron chi connectivity index (χ1n) is 7.08. The Morgan fingerprint density at radius 3 is 2.48 bits per heavy atom.